The topological polar surface area (TPSA) is 99.8 Å². The lowest BCUT2D eigenvalue weighted by atomic mass is 10.1. The molecule has 0 aliphatic carbocycles. The number of aldehydes is 1. The minimum atomic E-state index is -0.857. The quantitative estimate of drug-likeness (QED) is 0.452. The van der Waals surface area contributed by atoms with E-state index in [1.54, 1.807) is 45.0 Å². The molecule has 0 saturated carbocycles. The number of nitrogens with zero attached hydrogens (tertiary/aromatic N) is 1. The van der Waals surface area contributed by atoms with Gasteiger partial charge in [0.15, 0.2) is 0 Å². The van der Waals surface area contributed by atoms with E-state index in [0.717, 1.165) is 5.01 Å². The van der Waals surface area contributed by atoms with E-state index in [0.29, 0.717) is 28.9 Å². The molecule has 2 aromatic carbocycles. The molecular weight excluding hydrogens is 403 g/mol. The average molecular weight is 430 g/mol. The van der Waals surface area contributed by atoms with Gasteiger partial charge in [0.1, 0.15) is 23.7 Å². The molecule has 0 heterocycles. The third kappa shape index (κ3) is 6.70. The first kappa shape index (κ1) is 23.7. The maximum absolute atomic E-state index is 14.0. The van der Waals surface area contributed by atoms with E-state index in [9.17, 15) is 18.8 Å². The molecule has 31 heavy (non-hydrogen) atoms. The molecule has 0 fully saturated rings. The molecule has 166 valence electrons. The summed E-state index contributed by atoms with van der Waals surface area (Å²) in [5, 5.41) is 6.60. The van der Waals surface area contributed by atoms with E-state index < -0.39 is 23.6 Å². The number of halogens is 1. The second-order valence-electron chi connectivity index (χ2n) is 7.81. The van der Waals surface area contributed by atoms with Crippen molar-refractivity contribution in [2.45, 2.75) is 39.3 Å². The van der Waals surface area contributed by atoms with Gasteiger partial charge in [-0.1, -0.05) is 6.07 Å². The molecule has 3 N–H and O–H groups in total. The van der Waals surface area contributed by atoms with Crippen LogP contribution in [0.25, 0.3) is 0 Å². The first-order valence-corrected chi connectivity index (χ1v) is 9.67. The maximum atomic E-state index is 14.0. The van der Waals surface area contributed by atoms with Crippen molar-refractivity contribution in [2.75, 3.05) is 17.8 Å². The molecule has 2 amide bonds. The van der Waals surface area contributed by atoms with E-state index in [1.807, 2.05) is 0 Å². The van der Waals surface area contributed by atoms with Crippen LogP contribution in [0.1, 0.15) is 38.1 Å². The zero-order valence-corrected chi connectivity index (χ0v) is 18.2. The van der Waals surface area contributed by atoms with Crippen molar-refractivity contribution in [1.29, 1.82) is 0 Å². The maximum Gasteiger partial charge on any atom is 0.429 e. The standard InChI is InChI=1S/C22H27FN4O4/c1-14(13-28)27(21(30)31-22(2,3)4)26-18-10-9-16(23)12-19(18)25-17-8-6-7-15(11-17)20(29)24-5/h6-14,25-26H,1-5H3,(H,24,29). The predicted octanol–water partition coefficient (Wildman–Crippen LogP) is 4.08. The Kier molecular flexibility index (Phi) is 7.57. The highest BCUT2D eigenvalue weighted by molar-refractivity contribution is 5.95. The number of benzene rings is 2. The summed E-state index contributed by atoms with van der Waals surface area (Å²) >= 11 is 0. The van der Waals surface area contributed by atoms with Gasteiger partial charge in [0.25, 0.3) is 5.91 Å². The lowest BCUT2D eigenvalue weighted by Crippen LogP contribution is -2.46. The number of nitrogens with one attached hydrogen (secondary N) is 3. The third-order valence-corrected chi connectivity index (χ3v) is 4.05. The van der Waals surface area contributed by atoms with Gasteiger partial charge >= 0.3 is 6.09 Å². The van der Waals surface area contributed by atoms with Crippen molar-refractivity contribution in [1.82, 2.24) is 10.3 Å². The van der Waals surface area contributed by atoms with Crippen LogP contribution in [0.3, 0.4) is 0 Å². The summed E-state index contributed by atoms with van der Waals surface area (Å²) in [6, 6.07) is 9.65. The fourth-order valence-corrected chi connectivity index (χ4v) is 2.57. The molecule has 0 aromatic heterocycles. The van der Waals surface area contributed by atoms with Crippen molar-refractivity contribution >= 4 is 35.3 Å². The molecule has 0 aliphatic rings. The number of ether oxygens (including phenoxy) is 1. The Hall–Kier alpha value is -3.62. The van der Waals surface area contributed by atoms with Crippen LogP contribution in [0, 0.1) is 5.82 Å². The molecule has 0 saturated heterocycles. The van der Waals surface area contributed by atoms with Crippen LogP contribution < -0.4 is 16.1 Å². The van der Waals surface area contributed by atoms with Gasteiger partial charge in [-0.05, 0) is 64.1 Å². The van der Waals surface area contributed by atoms with Gasteiger partial charge in [-0.3, -0.25) is 10.2 Å². The minimum Gasteiger partial charge on any atom is -0.442 e. The third-order valence-electron chi connectivity index (χ3n) is 4.05. The largest absolute Gasteiger partial charge is 0.442 e. The van der Waals surface area contributed by atoms with Gasteiger partial charge in [0.2, 0.25) is 0 Å². The van der Waals surface area contributed by atoms with Crippen LogP contribution in [0.2, 0.25) is 0 Å². The summed E-state index contributed by atoms with van der Waals surface area (Å²) in [5.74, 6) is -0.778. The highest BCUT2D eigenvalue weighted by atomic mass is 19.1. The lowest BCUT2D eigenvalue weighted by molar-refractivity contribution is -0.111. The number of anilines is 3. The Morgan fingerprint density at radius 2 is 1.84 bits per heavy atom. The van der Waals surface area contributed by atoms with Crippen LogP contribution in [0.4, 0.5) is 26.2 Å². The molecule has 0 spiro atoms. The molecule has 1 unspecified atom stereocenters. The summed E-state index contributed by atoms with van der Waals surface area (Å²) < 4.78 is 19.3. The van der Waals surface area contributed by atoms with Crippen molar-refractivity contribution in [3.8, 4) is 0 Å². The predicted molar refractivity (Wildman–Crippen MR) is 117 cm³/mol. The highest BCUT2D eigenvalue weighted by Gasteiger charge is 2.27. The van der Waals surface area contributed by atoms with Gasteiger partial charge in [-0.2, -0.15) is 0 Å². The summed E-state index contributed by atoms with van der Waals surface area (Å²) in [4.78, 5) is 35.8. The molecule has 1 atom stereocenters. The zero-order chi connectivity index (χ0) is 23.2. The van der Waals surface area contributed by atoms with E-state index >= 15 is 0 Å². The Morgan fingerprint density at radius 3 is 2.45 bits per heavy atom. The van der Waals surface area contributed by atoms with Gasteiger partial charge in [-0.15, -0.1) is 0 Å². The van der Waals surface area contributed by atoms with Crippen molar-refractivity contribution < 1.29 is 23.5 Å². The summed E-state index contributed by atoms with van der Waals surface area (Å²) in [6.45, 7) is 6.64. The van der Waals surface area contributed by atoms with Crippen molar-refractivity contribution in [3.63, 3.8) is 0 Å². The molecule has 9 heteroatoms. The van der Waals surface area contributed by atoms with Gasteiger partial charge in [0.05, 0.1) is 11.4 Å². The van der Waals surface area contributed by atoms with Crippen LogP contribution >= 0.6 is 0 Å². The van der Waals surface area contributed by atoms with Crippen molar-refractivity contribution in [3.05, 3.63) is 53.8 Å². The first-order chi connectivity index (χ1) is 14.5. The molecule has 2 aromatic rings. The zero-order valence-electron chi connectivity index (χ0n) is 18.2. The number of hydrazine groups is 1. The number of rotatable bonds is 7. The first-order valence-electron chi connectivity index (χ1n) is 9.67. The summed E-state index contributed by atoms with van der Waals surface area (Å²) in [7, 11) is 1.52. The second kappa shape index (κ2) is 9.92. The molecule has 0 bridgehead atoms. The summed E-state index contributed by atoms with van der Waals surface area (Å²) in [5.41, 5.74) is 3.63. The summed E-state index contributed by atoms with van der Waals surface area (Å²) in [6.07, 6.45) is -0.176. The number of amides is 2. The second-order valence-corrected chi connectivity index (χ2v) is 7.81. The fourth-order valence-electron chi connectivity index (χ4n) is 2.57. The molecule has 8 nitrogen and oxygen atoms in total. The van der Waals surface area contributed by atoms with Crippen LogP contribution in [-0.4, -0.2) is 42.0 Å². The number of hydrogen-bond donors (Lipinski definition) is 3. The normalized spacial score (nSPS) is 11.8. The van der Waals surface area contributed by atoms with Gasteiger partial charge < -0.3 is 20.2 Å². The van der Waals surface area contributed by atoms with Crippen molar-refractivity contribution in [2.24, 2.45) is 0 Å². The minimum absolute atomic E-state index is 0.267. The molecule has 0 radical (unpaired) electrons. The van der Waals surface area contributed by atoms with E-state index in [2.05, 4.69) is 16.1 Å². The molecule has 2 rings (SSSR count). The van der Waals surface area contributed by atoms with Crippen LogP contribution in [0.5, 0.6) is 0 Å². The molecular formula is C22H27FN4O4. The van der Waals surface area contributed by atoms with E-state index in [-0.39, 0.29) is 5.91 Å². The highest BCUT2D eigenvalue weighted by Crippen LogP contribution is 2.28. The number of carbonyl (C=O) groups excluding carboxylic acids is 3. The van der Waals surface area contributed by atoms with Crippen LogP contribution in [0.15, 0.2) is 42.5 Å². The Balaban J connectivity index is 2.36. The monoisotopic (exact) mass is 430 g/mol. The van der Waals surface area contributed by atoms with E-state index in [1.165, 1.54) is 32.2 Å². The Bertz CT molecular complexity index is 959. The lowest BCUT2D eigenvalue weighted by Gasteiger charge is -2.31. The van der Waals surface area contributed by atoms with Gasteiger partial charge in [-0.25, -0.2) is 14.2 Å². The van der Waals surface area contributed by atoms with Crippen LogP contribution in [-0.2, 0) is 9.53 Å². The number of carbonyl (C=O) groups is 3. The average Bonchev–Trinajstić information content (AvgIpc) is 2.71. The SMILES string of the molecule is CNC(=O)c1cccc(Nc2cc(F)ccc2NN(C(=O)OC(C)(C)C)C(C)C=O)c1. The smallest absolute Gasteiger partial charge is 0.429 e. The fraction of sp³-hybridized carbons (Fsp3) is 0.318. The number of hydrogen-bond acceptors (Lipinski definition) is 6. The Labute approximate surface area is 180 Å². The Morgan fingerprint density at radius 1 is 1.13 bits per heavy atom. The molecule has 0 aliphatic heterocycles. The van der Waals surface area contributed by atoms with Gasteiger partial charge in [0, 0.05) is 18.3 Å². The van der Waals surface area contributed by atoms with E-state index in [4.69, 9.17) is 4.74 Å².